The summed E-state index contributed by atoms with van der Waals surface area (Å²) in [6.07, 6.45) is -2.13. The molecule has 0 bridgehead atoms. The predicted octanol–water partition coefficient (Wildman–Crippen LogP) is 3.92. The van der Waals surface area contributed by atoms with Crippen molar-refractivity contribution in [2.24, 2.45) is 0 Å². The standard InChI is InChI=1S/C17H15F3N2OS/c18-17(19,20)13-5-3-4-12(10-13)16-22(15(23)11-24-16)9-7-14-6-1-2-8-21-14/h1-6,8,10,16H,7,9,11H2. The molecule has 1 aromatic carbocycles. The molecule has 2 heterocycles. The highest BCUT2D eigenvalue weighted by atomic mass is 32.2. The van der Waals surface area contributed by atoms with Crippen LogP contribution in [0.1, 0.15) is 22.2 Å². The first-order valence-corrected chi connectivity index (χ1v) is 8.48. The number of carbonyl (C=O) groups excluding carboxylic acids is 1. The highest BCUT2D eigenvalue weighted by Crippen LogP contribution is 2.40. The lowest BCUT2D eigenvalue weighted by Crippen LogP contribution is -2.30. The summed E-state index contributed by atoms with van der Waals surface area (Å²) in [5.74, 6) is 0.224. The van der Waals surface area contributed by atoms with Crippen LogP contribution in [0.5, 0.6) is 0 Å². The molecule has 0 saturated carbocycles. The Labute approximate surface area is 141 Å². The van der Waals surface area contributed by atoms with Gasteiger partial charge in [-0.15, -0.1) is 11.8 Å². The molecule has 1 saturated heterocycles. The largest absolute Gasteiger partial charge is 0.416 e. The first-order chi connectivity index (χ1) is 11.4. The lowest BCUT2D eigenvalue weighted by molar-refractivity contribution is -0.137. The summed E-state index contributed by atoms with van der Waals surface area (Å²) in [6.45, 7) is 0.434. The van der Waals surface area contributed by atoms with Crippen molar-refractivity contribution < 1.29 is 18.0 Å². The Morgan fingerprint density at radius 3 is 2.75 bits per heavy atom. The number of alkyl halides is 3. The molecular formula is C17H15F3N2OS. The van der Waals surface area contributed by atoms with E-state index in [0.717, 1.165) is 17.8 Å². The zero-order valence-corrected chi connectivity index (χ0v) is 13.5. The van der Waals surface area contributed by atoms with E-state index in [9.17, 15) is 18.0 Å². The summed E-state index contributed by atoms with van der Waals surface area (Å²) in [4.78, 5) is 18.0. The zero-order valence-electron chi connectivity index (χ0n) is 12.7. The first kappa shape index (κ1) is 16.8. The number of hydrogen-bond acceptors (Lipinski definition) is 3. The second-order valence-corrected chi connectivity index (χ2v) is 6.51. The van der Waals surface area contributed by atoms with Crippen LogP contribution in [0.3, 0.4) is 0 Å². The fourth-order valence-electron chi connectivity index (χ4n) is 2.62. The third kappa shape index (κ3) is 3.72. The molecule has 0 aliphatic carbocycles. The fourth-order valence-corrected chi connectivity index (χ4v) is 3.83. The van der Waals surface area contributed by atoms with Crippen LogP contribution in [0.15, 0.2) is 48.7 Å². The van der Waals surface area contributed by atoms with Gasteiger partial charge in [-0.2, -0.15) is 13.2 Å². The van der Waals surface area contributed by atoms with Gasteiger partial charge in [-0.3, -0.25) is 9.78 Å². The van der Waals surface area contributed by atoms with E-state index in [4.69, 9.17) is 0 Å². The maximum atomic E-state index is 12.9. The Balaban J connectivity index is 1.78. The Bertz CT molecular complexity index is 721. The topological polar surface area (TPSA) is 33.2 Å². The summed E-state index contributed by atoms with van der Waals surface area (Å²) in [6, 6.07) is 10.7. The Kier molecular flexibility index (Phi) is 4.80. The van der Waals surface area contributed by atoms with Gasteiger partial charge in [0.15, 0.2) is 0 Å². The number of rotatable bonds is 4. The van der Waals surface area contributed by atoms with Gasteiger partial charge in [0.25, 0.3) is 0 Å². The van der Waals surface area contributed by atoms with Crippen molar-refractivity contribution in [2.45, 2.75) is 18.0 Å². The monoisotopic (exact) mass is 352 g/mol. The normalized spacial score (nSPS) is 18.2. The van der Waals surface area contributed by atoms with Gasteiger partial charge in [0.05, 0.1) is 11.3 Å². The Hall–Kier alpha value is -2.02. The van der Waals surface area contributed by atoms with Gasteiger partial charge in [-0.25, -0.2) is 0 Å². The molecule has 2 aromatic rings. The zero-order chi connectivity index (χ0) is 17.2. The number of benzene rings is 1. The van der Waals surface area contributed by atoms with Crippen molar-refractivity contribution in [3.05, 3.63) is 65.5 Å². The minimum atomic E-state index is -4.39. The lowest BCUT2D eigenvalue weighted by atomic mass is 10.1. The SMILES string of the molecule is O=C1CSC(c2cccc(C(F)(F)F)c2)N1CCc1ccccn1. The first-order valence-electron chi connectivity index (χ1n) is 7.43. The van der Waals surface area contributed by atoms with Crippen molar-refractivity contribution in [1.29, 1.82) is 0 Å². The lowest BCUT2D eigenvalue weighted by Gasteiger charge is -2.24. The molecule has 1 aliphatic rings. The van der Waals surface area contributed by atoms with Gasteiger partial charge < -0.3 is 4.90 Å². The van der Waals surface area contributed by atoms with E-state index < -0.39 is 11.7 Å². The summed E-state index contributed by atoms with van der Waals surface area (Å²) >= 11 is 1.35. The number of pyridine rings is 1. The van der Waals surface area contributed by atoms with E-state index in [0.29, 0.717) is 18.5 Å². The number of halogens is 3. The van der Waals surface area contributed by atoms with Gasteiger partial charge in [0, 0.05) is 24.9 Å². The van der Waals surface area contributed by atoms with Gasteiger partial charge >= 0.3 is 6.18 Å². The molecule has 0 spiro atoms. The summed E-state index contributed by atoms with van der Waals surface area (Å²) in [5, 5.41) is -0.386. The third-order valence-electron chi connectivity index (χ3n) is 3.80. The van der Waals surface area contributed by atoms with E-state index in [-0.39, 0.29) is 17.0 Å². The molecule has 1 unspecified atom stereocenters. The second kappa shape index (κ2) is 6.84. The van der Waals surface area contributed by atoms with Gasteiger partial charge in [-0.05, 0) is 29.8 Å². The highest BCUT2D eigenvalue weighted by molar-refractivity contribution is 8.00. The molecule has 3 rings (SSSR count). The average molecular weight is 352 g/mol. The molecule has 1 atom stereocenters. The highest BCUT2D eigenvalue weighted by Gasteiger charge is 2.35. The molecule has 7 heteroatoms. The molecule has 0 N–H and O–H groups in total. The number of thioether (sulfide) groups is 1. The maximum absolute atomic E-state index is 12.9. The van der Waals surface area contributed by atoms with Crippen LogP contribution >= 0.6 is 11.8 Å². The van der Waals surface area contributed by atoms with Crippen LogP contribution in [0.2, 0.25) is 0 Å². The van der Waals surface area contributed by atoms with Gasteiger partial charge in [-0.1, -0.05) is 18.2 Å². The van der Waals surface area contributed by atoms with Crippen molar-refractivity contribution in [3.8, 4) is 0 Å². The minimum Gasteiger partial charge on any atom is -0.325 e. The van der Waals surface area contributed by atoms with Crippen molar-refractivity contribution >= 4 is 17.7 Å². The number of nitrogens with zero attached hydrogens (tertiary/aromatic N) is 2. The quantitative estimate of drug-likeness (QED) is 0.836. The smallest absolute Gasteiger partial charge is 0.325 e. The van der Waals surface area contributed by atoms with Crippen LogP contribution in [0.25, 0.3) is 0 Å². The molecule has 24 heavy (non-hydrogen) atoms. The van der Waals surface area contributed by atoms with Crippen LogP contribution in [-0.2, 0) is 17.4 Å². The number of amides is 1. The Morgan fingerprint density at radius 2 is 2.04 bits per heavy atom. The Morgan fingerprint density at radius 1 is 1.21 bits per heavy atom. The minimum absolute atomic E-state index is 0.0571. The average Bonchev–Trinajstić information content (AvgIpc) is 2.94. The van der Waals surface area contributed by atoms with Crippen molar-refractivity contribution in [1.82, 2.24) is 9.88 Å². The van der Waals surface area contributed by atoms with Crippen LogP contribution in [-0.4, -0.2) is 28.1 Å². The van der Waals surface area contributed by atoms with Crippen LogP contribution < -0.4 is 0 Å². The molecular weight excluding hydrogens is 337 g/mol. The van der Waals surface area contributed by atoms with Gasteiger partial charge in [0.2, 0.25) is 5.91 Å². The summed E-state index contributed by atoms with van der Waals surface area (Å²) < 4.78 is 38.7. The maximum Gasteiger partial charge on any atom is 0.416 e. The molecule has 1 aliphatic heterocycles. The number of hydrogen-bond donors (Lipinski definition) is 0. The summed E-state index contributed by atoms with van der Waals surface area (Å²) in [5.41, 5.74) is 0.663. The molecule has 1 aromatic heterocycles. The molecule has 126 valence electrons. The van der Waals surface area contributed by atoms with E-state index in [2.05, 4.69) is 4.98 Å². The fraction of sp³-hybridized carbons (Fsp3) is 0.294. The second-order valence-electron chi connectivity index (χ2n) is 5.44. The van der Waals surface area contributed by atoms with Crippen molar-refractivity contribution in [3.63, 3.8) is 0 Å². The number of aromatic nitrogens is 1. The predicted molar refractivity (Wildman–Crippen MR) is 86.3 cm³/mol. The molecule has 1 amide bonds. The molecule has 1 fully saturated rings. The summed E-state index contributed by atoms with van der Waals surface area (Å²) in [7, 11) is 0. The van der Waals surface area contributed by atoms with Gasteiger partial charge in [0.1, 0.15) is 5.37 Å². The molecule has 3 nitrogen and oxygen atoms in total. The van der Waals surface area contributed by atoms with E-state index in [1.165, 1.54) is 17.8 Å². The van der Waals surface area contributed by atoms with Crippen molar-refractivity contribution in [2.75, 3.05) is 12.3 Å². The van der Waals surface area contributed by atoms with Crippen LogP contribution in [0.4, 0.5) is 13.2 Å². The third-order valence-corrected chi connectivity index (χ3v) is 5.06. The van der Waals surface area contributed by atoms with Crippen LogP contribution in [0, 0.1) is 0 Å². The molecule has 0 radical (unpaired) electrons. The van der Waals surface area contributed by atoms with E-state index in [1.54, 1.807) is 17.2 Å². The van der Waals surface area contributed by atoms with E-state index in [1.807, 2.05) is 18.2 Å². The number of carbonyl (C=O) groups is 1. The van der Waals surface area contributed by atoms with E-state index >= 15 is 0 Å².